The van der Waals surface area contributed by atoms with Gasteiger partial charge in [0.05, 0.1) is 11.6 Å². The van der Waals surface area contributed by atoms with Gasteiger partial charge in [0, 0.05) is 6.54 Å². The lowest BCUT2D eigenvalue weighted by Gasteiger charge is -2.36. The van der Waals surface area contributed by atoms with Gasteiger partial charge in [0.25, 0.3) is 0 Å². The highest BCUT2D eigenvalue weighted by molar-refractivity contribution is 5.94. The molecular formula is C14H20FN3O. The number of nitrogens with zero attached hydrogens (tertiary/aromatic N) is 1. The van der Waals surface area contributed by atoms with Crippen LogP contribution in [0.4, 0.5) is 10.2 Å². The van der Waals surface area contributed by atoms with Gasteiger partial charge in [0.2, 0.25) is 5.91 Å². The van der Waals surface area contributed by atoms with Gasteiger partial charge in [-0.25, -0.2) is 9.37 Å². The van der Waals surface area contributed by atoms with Gasteiger partial charge in [0.1, 0.15) is 11.6 Å². The summed E-state index contributed by atoms with van der Waals surface area (Å²) in [4.78, 5) is 16.4. The monoisotopic (exact) mass is 265 g/mol. The molecule has 5 heteroatoms. The predicted molar refractivity (Wildman–Crippen MR) is 72.3 cm³/mol. The molecule has 1 amide bonds. The van der Waals surface area contributed by atoms with E-state index >= 15 is 0 Å². The zero-order valence-electron chi connectivity index (χ0n) is 11.2. The van der Waals surface area contributed by atoms with Gasteiger partial charge in [-0.3, -0.25) is 4.79 Å². The first-order chi connectivity index (χ1) is 9.16. The van der Waals surface area contributed by atoms with E-state index in [-0.39, 0.29) is 11.3 Å². The summed E-state index contributed by atoms with van der Waals surface area (Å²) in [7, 11) is 0. The summed E-state index contributed by atoms with van der Waals surface area (Å²) in [6, 6.07) is 2.79. The second-order valence-corrected chi connectivity index (χ2v) is 5.13. The van der Waals surface area contributed by atoms with Crippen molar-refractivity contribution in [1.82, 2.24) is 10.3 Å². The first kappa shape index (κ1) is 13.9. The highest BCUT2D eigenvalue weighted by Gasteiger charge is 2.38. The summed E-state index contributed by atoms with van der Waals surface area (Å²) in [5.41, 5.74) is -0.358. The number of amides is 1. The summed E-state index contributed by atoms with van der Waals surface area (Å²) < 4.78 is 12.8. The van der Waals surface area contributed by atoms with Crippen LogP contribution in [0.5, 0.6) is 0 Å². The number of halogens is 1. The maximum atomic E-state index is 12.8. The Morgan fingerprint density at radius 2 is 2.42 bits per heavy atom. The fourth-order valence-corrected chi connectivity index (χ4v) is 2.67. The average molecular weight is 265 g/mol. The molecule has 1 fully saturated rings. The van der Waals surface area contributed by atoms with Crippen molar-refractivity contribution in [3.63, 3.8) is 0 Å². The fraction of sp³-hybridized carbons (Fsp3) is 0.571. The molecule has 1 aliphatic heterocycles. The fourth-order valence-electron chi connectivity index (χ4n) is 2.67. The third kappa shape index (κ3) is 3.29. The normalized spacial score (nSPS) is 23.1. The van der Waals surface area contributed by atoms with Crippen molar-refractivity contribution in [3.8, 4) is 0 Å². The molecule has 1 atom stereocenters. The Morgan fingerprint density at radius 1 is 1.58 bits per heavy atom. The van der Waals surface area contributed by atoms with Crippen molar-refractivity contribution in [2.75, 3.05) is 18.4 Å². The largest absolute Gasteiger partial charge is 0.316 e. The lowest BCUT2D eigenvalue weighted by molar-refractivity contribution is -0.127. The number of rotatable bonds is 4. The highest BCUT2D eigenvalue weighted by Crippen LogP contribution is 2.32. The van der Waals surface area contributed by atoms with Crippen LogP contribution in [0, 0.1) is 11.2 Å². The second-order valence-electron chi connectivity index (χ2n) is 5.13. The van der Waals surface area contributed by atoms with E-state index in [1.54, 1.807) is 0 Å². The minimum atomic E-state index is -0.402. The molecule has 0 saturated carbocycles. The van der Waals surface area contributed by atoms with Crippen LogP contribution in [0.15, 0.2) is 18.3 Å². The zero-order chi connectivity index (χ0) is 13.7. The van der Waals surface area contributed by atoms with Crippen LogP contribution < -0.4 is 10.6 Å². The van der Waals surface area contributed by atoms with E-state index in [4.69, 9.17) is 0 Å². The van der Waals surface area contributed by atoms with Crippen LogP contribution >= 0.6 is 0 Å². The first-order valence-electron chi connectivity index (χ1n) is 6.80. The lowest BCUT2D eigenvalue weighted by Crippen LogP contribution is -2.48. The molecule has 2 N–H and O–H groups in total. The summed E-state index contributed by atoms with van der Waals surface area (Å²) in [6.07, 6.45) is 4.82. The third-order valence-corrected chi connectivity index (χ3v) is 3.65. The van der Waals surface area contributed by atoms with Gasteiger partial charge in [-0.15, -0.1) is 0 Å². The number of hydrogen-bond donors (Lipinski definition) is 2. The van der Waals surface area contributed by atoms with E-state index in [2.05, 4.69) is 22.5 Å². The van der Waals surface area contributed by atoms with E-state index in [9.17, 15) is 9.18 Å². The molecule has 4 nitrogen and oxygen atoms in total. The van der Waals surface area contributed by atoms with Crippen molar-refractivity contribution in [3.05, 3.63) is 24.1 Å². The van der Waals surface area contributed by atoms with Crippen LogP contribution in [0.2, 0.25) is 0 Å². The lowest BCUT2D eigenvalue weighted by atomic mass is 9.76. The summed E-state index contributed by atoms with van der Waals surface area (Å²) in [5.74, 6) is -0.00582. The second kappa shape index (κ2) is 6.10. The molecule has 0 spiro atoms. The molecule has 1 aromatic rings. The topological polar surface area (TPSA) is 54.0 Å². The van der Waals surface area contributed by atoms with Crippen molar-refractivity contribution < 1.29 is 9.18 Å². The van der Waals surface area contributed by atoms with Crippen LogP contribution in [0.25, 0.3) is 0 Å². The molecule has 19 heavy (non-hydrogen) atoms. The molecule has 0 aromatic carbocycles. The Kier molecular flexibility index (Phi) is 4.47. The minimum absolute atomic E-state index is 0.0133. The van der Waals surface area contributed by atoms with Crippen LogP contribution in [-0.4, -0.2) is 24.0 Å². The Morgan fingerprint density at radius 3 is 3.00 bits per heavy atom. The van der Waals surface area contributed by atoms with Crippen molar-refractivity contribution in [2.45, 2.75) is 32.6 Å². The smallest absolute Gasteiger partial charge is 0.233 e. The van der Waals surface area contributed by atoms with Gasteiger partial charge in [-0.1, -0.05) is 13.3 Å². The molecule has 0 aliphatic carbocycles. The molecule has 1 aliphatic rings. The van der Waals surface area contributed by atoms with Crippen molar-refractivity contribution in [2.24, 2.45) is 5.41 Å². The van der Waals surface area contributed by atoms with Gasteiger partial charge in [0.15, 0.2) is 0 Å². The Hall–Kier alpha value is -1.49. The molecule has 104 valence electrons. The molecule has 1 unspecified atom stereocenters. The Balaban J connectivity index is 2.09. The van der Waals surface area contributed by atoms with Gasteiger partial charge < -0.3 is 10.6 Å². The number of piperidine rings is 1. The molecule has 2 heterocycles. The molecular weight excluding hydrogens is 245 g/mol. The van der Waals surface area contributed by atoms with Crippen molar-refractivity contribution >= 4 is 11.7 Å². The molecule has 2 rings (SSSR count). The first-order valence-corrected chi connectivity index (χ1v) is 6.80. The standard InChI is InChI=1S/C14H20FN3O/c1-2-6-14(7-3-8-16-10-14)13(19)18-12-5-4-11(15)9-17-12/h4-5,9,16H,2-3,6-8,10H2,1H3,(H,17,18,19). The van der Waals surface area contributed by atoms with E-state index in [1.165, 1.54) is 12.1 Å². The quantitative estimate of drug-likeness (QED) is 0.878. The van der Waals surface area contributed by atoms with Gasteiger partial charge in [-0.2, -0.15) is 0 Å². The molecule has 0 bridgehead atoms. The van der Waals surface area contributed by atoms with Gasteiger partial charge in [-0.05, 0) is 37.9 Å². The number of pyridine rings is 1. The SMILES string of the molecule is CCCC1(C(=O)Nc2ccc(F)cn2)CCCNC1. The van der Waals surface area contributed by atoms with E-state index < -0.39 is 5.82 Å². The molecule has 0 radical (unpaired) electrons. The number of nitrogens with one attached hydrogen (secondary N) is 2. The molecule has 1 saturated heterocycles. The van der Waals surface area contributed by atoms with E-state index in [1.807, 2.05) is 0 Å². The Labute approximate surface area is 112 Å². The summed E-state index contributed by atoms with van der Waals surface area (Å²) >= 11 is 0. The zero-order valence-corrected chi connectivity index (χ0v) is 11.2. The number of anilines is 1. The maximum Gasteiger partial charge on any atom is 0.233 e. The average Bonchev–Trinajstić information content (AvgIpc) is 2.43. The molecule has 1 aromatic heterocycles. The predicted octanol–water partition coefficient (Wildman–Crippen LogP) is 2.33. The summed E-state index contributed by atoms with van der Waals surface area (Å²) in [6.45, 7) is 3.75. The highest BCUT2D eigenvalue weighted by atomic mass is 19.1. The maximum absolute atomic E-state index is 12.8. The van der Waals surface area contributed by atoms with Crippen molar-refractivity contribution in [1.29, 1.82) is 0 Å². The van der Waals surface area contributed by atoms with Gasteiger partial charge >= 0.3 is 0 Å². The number of hydrogen-bond acceptors (Lipinski definition) is 3. The van der Waals surface area contributed by atoms with Crippen LogP contribution in [0.1, 0.15) is 32.6 Å². The van der Waals surface area contributed by atoms with Crippen LogP contribution in [0.3, 0.4) is 0 Å². The number of carbonyl (C=O) groups excluding carboxylic acids is 1. The van der Waals surface area contributed by atoms with E-state index in [0.717, 1.165) is 38.4 Å². The minimum Gasteiger partial charge on any atom is -0.316 e. The third-order valence-electron chi connectivity index (χ3n) is 3.65. The van der Waals surface area contributed by atoms with E-state index in [0.29, 0.717) is 12.4 Å². The van der Waals surface area contributed by atoms with Crippen LogP contribution in [-0.2, 0) is 4.79 Å². The Bertz CT molecular complexity index is 421. The number of carbonyl (C=O) groups is 1. The summed E-state index contributed by atoms with van der Waals surface area (Å²) in [5, 5.41) is 6.10. The number of aromatic nitrogens is 1.